The van der Waals surface area contributed by atoms with E-state index in [1.54, 1.807) is 0 Å². The van der Waals surface area contributed by atoms with Gasteiger partial charge in [-0.2, -0.15) is 0 Å². The van der Waals surface area contributed by atoms with Crippen LogP contribution in [0.2, 0.25) is 0 Å². The fourth-order valence-corrected chi connectivity index (χ4v) is 10.3. The Kier molecular flexibility index (Phi) is 13.2. The molecule has 2 aliphatic rings. The number of rotatable bonds is 12. The Labute approximate surface area is 364 Å². The number of fused-ring (bicyclic) bond motifs is 4. The van der Waals surface area contributed by atoms with E-state index >= 15 is 0 Å². The molecule has 0 saturated heterocycles. The van der Waals surface area contributed by atoms with E-state index in [0.29, 0.717) is 0 Å². The summed E-state index contributed by atoms with van der Waals surface area (Å²) < 4.78 is 17.9. The normalized spacial score (nSPS) is 15.7. The third kappa shape index (κ3) is 8.50. The number of benzene rings is 4. The van der Waals surface area contributed by atoms with E-state index in [9.17, 15) is 0 Å². The molecule has 312 valence electrons. The predicted molar refractivity (Wildman–Crippen MR) is 260 cm³/mol. The molecule has 0 saturated carbocycles. The van der Waals surface area contributed by atoms with E-state index in [2.05, 4.69) is 194 Å². The van der Waals surface area contributed by atoms with Crippen LogP contribution in [0, 0.1) is 0 Å². The summed E-state index contributed by atoms with van der Waals surface area (Å²) in [5.74, 6) is 0. The van der Waals surface area contributed by atoms with E-state index in [0.717, 1.165) is 89.9 Å². The molecule has 6 aromatic rings. The lowest BCUT2D eigenvalue weighted by atomic mass is 10.1. The van der Waals surface area contributed by atoms with Crippen LogP contribution in [0.5, 0.6) is 0 Å². The van der Waals surface area contributed by atoms with Gasteiger partial charge in [0.2, 0.25) is 0 Å². The lowest BCUT2D eigenvalue weighted by Gasteiger charge is -2.22. The van der Waals surface area contributed by atoms with Crippen LogP contribution < -0.4 is 39.9 Å². The van der Waals surface area contributed by atoms with Gasteiger partial charge in [-0.15, -0.1) is 0 Å². The van der Waals surface area contributed by atoms with E-state index in [1.807, 2.05) is 23.5 Å². The molecule has 60 heavy (non-hydrogen) atoms. The lowest BCUT2D eigenvalue weighted by molar-refractivity contribution is 0.438. The first-order valence-corrected chi connectivity index (χ1v) is 22.5. The smallest absolute Gasteiger partial charge is 0.368 e. The van der Waals surface area contributed by atoms with Gasteiger partial charge in [-0.25, -0.2) is 9.15 Å². The van der Waals surface area contributed by atoms with Gasteiger partial charge >= 0.3 is 11.1 Å². The van der Waals surface area contributed by atoms with Gasteiger partial charge in [-0.05, 0) is 99.5 Å². The van der Waals surface area contributed by atoms with Crippen LogP contribution in [-0.4, -0.2) is 67.5 Å². The number of thioether (sulfide) groups is 2. The molecule has 8 nitrogen and oxygen atoms in total. The van der Waals surface area contributed by atoms with Crippen molar-refractivity contribution in [2.24, 2.45) is 0 Å². The van der Waals surface area contributed by atoms with Crippen LogP contribution in [0.25, 0.3) is 34.1 Å². The van der Waals surface area contributed by atoms with Gasteiger partial charge in [0.1, 0.15) is 25.3 Å². The number of hydrogen-bond acceptors (Lipinski definition) is 8. The minimum Gasteiger partial charge on any atom is -0.405 e. The molecule has 8 rings (SSSR count). The molecular formula is C50H60N6O2S2+2. The summed E-state index contributed by atoms with van der Waals surface area (Å²) in [5, 5.41) is 4.62. The van der Waals surface area contributed by atoms with Gasteiger partial charge in [0.25, 0.3) is 0 Å². The van der Waals surface area contributed by atoms with Gasteiger partial charge in [0, 0.05) is 84.3 Å². The van der Waals surface area contributed by atoms with Crippen molar-refractivity contribution in [1.82, 2.24) is 9.15 Å². The predicted octanol–water partition coefficient (Wildman–Crippen LogP) is 10.5. The molecule has 10 heteroatoms. The van der Waals surface area contributed by atoms with Crippen LogP contribution in [0.1, 0.15) is 52.7 Å². The standard InChI is InChI=1S/C49H56N6O2S2.CH4/c1-9-54(10-2)36-22-23-38-35(31-49-53(8)41-19-14-16-21-45(41)59-49)29-47(57-42(38)32-36)51(6)27-17-26-50(5)46-25-24-39-34(28-37(33-43(39)56-46)55(11-3)12-4)30-48-52(7)40-18-13-15-20-44(40)58-48;/h13-16,18-25,28-33H,9-12,17,26-27H2,1-8H3;1H4/q+2;. The maximum atomic E-state index is 6.75. The summed E-state index contributed by atoms with van der Waals surface area (Å²) in [6.45, 7) is 14.2. The zero-order valence-electron chi connectivity index (χ0n) is 35.7. The second-order valence-corrected chi connectivity index (χ2v) is 17.3. The summed E-state index contributed by atoms with van der Waals surface area (Å²) in [6.07, 6.45) is 5.53. The van der Waals surface area contributed by atoms with Crippen molar-refractivity contribution >= 4 is 80.4 Å². The topological polar surface area (TPSA) is 45.3 Å². The van der Waals surface area contributed by atoms with Crippen molar-refractivity contribution in [2.45, 2.75) is 51.3 Å². The van der Waals surface area contributed by atoms with Crippen LogP contribution in [0.4, 0.5) is 22.7 Å². The Morgan fingerprint density at radius 2 is 1.03 bits per heavy atom. The van der Waals surface area contributed by atoms with Gasteiger partial charge in [-0.3, -0.25) is 0 Å². The van der Waals surface area contributed by atoms with Crippen LogP contribution in [0.3, 0.4) is 0 Å². The number of para-hydroxylation sites is 2. The molecule has 0 amide bonds. The average Bonchev–Trinajstić information content (AvgIpc) is 3.75. The highest BCUT2D eigenvalue weighted by atomic mass is 32.2. The minimum absolute atomic E-state index is 0. The van der Waals surface area contributed by atoms with E-state index in [1.165, 1.54) is 42.6 Å². The Morgan fingerprint density at radius 3 is 1.58 bits per heavy atom. The quantitative estimate of drug-likeness (QED) is 0.113. The van der Waals surface area contributed by atoms with Gasteiger partial charge in [-0.1, -0.05) is 55.2 Å². The molecule has 0 unspecified atom stereocenters. The zero-order valence-corrected chi connectivity index (χ0v) is 37.3. The first kappa shape index (κ1) is 42.8. The molecule has 0 atom stereocenters. The molecule has 2 aliphatic heterocycles. The van der Waals surface area contributed by atoms with Crippen molar-refractivity contribution in [3.63, 3.8) is 0 Å². The Balaban J connectivity index is 0.00000544. The summed E-state index contributed by atoms with van der Waals surface area (Å²) in [5.41, 5.74) is 10.6. The molecule has 0 N–H and O–H groups in total. The molecule has 0 bridgehead atoms. The average molecular weight is 841 g/mol. The third-order valence-electron chi connectivity index (χ3n) is 11.6. The van der Waals surface area contributed by atoms with E-state index < -0.39 is 0 Å². The van der Waals surface area contributed by atoms with Crippen molar-refractivity contribution in [3.8, 4) is 0 Å². The minimum atomic E-state index is 0. The molecule has 2 aromatic heterocycles. The Morgan fingerprint density at radius 1 is 0.567 bits per heavy atom. The summed E-state index contributed by atoms with van der Waals surface area (Å²) in [6, 6.07) is 34.9. The largest absolute Gasteiger partial charge is 0.405 e. The maximum Gasteiger partial charge on any atom is 0.368 e. The van der Waals surface area contributed by atoms with Crippen molar-refractivity contribution in [3.05, 3.63) is 129 Å². The number of nitrogens with zero attached hydrogens (tertiary/aromatic N) is 6. The molecular weight excluding hydrogens is 781 g/mol. The highest BCUT2D eigenvalue weighted by Gasteiger charge is 2.24. The number of hydrogen-bond donors (Lipinski definition) is 0. The van der Waals surface area contributed by atoms with Gasteiger partial charge in [0.05, 0.1) is 40.0 Å². The van der Waals surface area contributed by atoms with Gasteiger partial charge < -0.3 is 28.4 Å². The van der Waals surface area contributed by atoms with E-state index in [4.69, 9.17) is 8.83 Å². The lowest BCUT2D eigenvalue weighted by Crippen LogP contribution is -2.31. The zero-order chi connectivity index (χ0) is 41.2. The fraction of sp³-hybridized carbons (Fsp3) is 0.320. The molecule has 4 aromatic carbocycles. The van der Waals surface area contributed by atoms with Crippen LogP contribution in [-0.2, 0) is 0 Å². The Hall–Kier alpha value is -5.32. The molecule has 0 radical (unpaired) electrons. The van der Waals surface area contributed by atoms with Crippen molar-refractivity contribution in [2.75, 3.05) is 87.1 Å². The molecule has 4 heterocycles. The third-order valence-corrected chi connectivity index (χ3v) is 14.0. The highest BCUT2D eigenvalue weighted by Crippen LogP contribution is 2.47. The molecule has 0 spiro atoms. The highest BCUT2D eigenvalue weighted by molar-refractivity contribution is 8.04. The van der Waals surface area contributed by atoms with Crippen LogP contribution in [0.15, 0.2) is 126 Å². The second kappa shape index (κ2) is 18.5. The Bertz CT molecular complexity index is 2740. The first-order valence-electron chi connectivity index (χ1n) is 20.9. The summed E-state index contributed by atoms with van der Waals surface area (Å²) in [4.78, 5) is 11.9. The van der Waals surface area contributed by atoms with Crippen molar-refractivity contribution < 1.29 is 8.83 Å². The SMILES string of the molecule is C.CCN(CC)c1cc(/C=C2\Sc3ccccc3N2C)c2ccc(=[N+](C)CCC[N+](C)=c3cc(/C=C4\Sc5ccccc5N4C)c4ccc(N(CC)CC)cc4o3)oc2c1. The van der Waals surface area contributed by atoms with Gasteiger partial charge in [0.15, 0.2) is 13.1 Å². The molecule has 0 aliphatic carbocycles. The van der Waals surface area contributed by atoms with E-state index in [-0.39, 0.29) is 7.43 Å². The number of anilines is 4. The summed E-state index contributed by atoms with van der Waals surface area (Å²) >= 11 is 3.63. The second-order valence-electron chi connectivity index (χ2n) is 15.2. The monoisotopic (exact) mass is 840 g/mol. The molecule has 0 fully saturated rings. The first-order chi connectivity index (χ1) is 28.7. The van der Waals surface area contributed by atoms with Crippen LogP contribution >= 0.6 is 23.5 Å². The fourth-order valence-electron chi connectivity index (χ4n) is 8.10. The summed E-state index contributed by atoms with van der Waals surface area (Å²) in [7, 11) is 8.55. The van der Waals surface area contributed by atoms with Crippen molar-refractivity contribution in [1.29, 1.82) is 0 Å². The maximum absolute atomic E-state index is 6.75.